The number of hydrogen-bond acceptors (Lipinski definition) is 3. The molecule has 0 amide bonds. The molecule has 5 rings (SSSR count). The molecule has 1 heterocycles. The van der Waals surface area contributed by atoms with E-state index in [0.717, 1.165) is 25.7 Å². The minimum Gasteiger partial charge on any atom is -0.393 e. The van der Waals surface area contributed by atoms with Crippen LogP contribution in [0.3, 0.4) is 0 Å². The molecule has 0 bridgehead atoms. The van der Waals surface area contributed by atoms with Gasteiger partial charge in [-0.05, 0) is 98.5 Å². The SMILES string of the molecule is CC(=O)[C@@H]1CC[C@@H]2[C@@H]3CC=C4C=C(N5CCCC5)CC[C@]4(C)[C@@H]3[C@H](O)C[C@@]21C. The Morgan fingerprint density at radius 1 is 1.21 bits per heavy atom. The normalized spacial score (nSPS) is 47.7. The third-order valence-corrected chi connectivity index (χ3v) is 9.68. The first-order valence-electron chi connectivity index (χ1n) is 11.7. The van der Waals surface area contributed by atoms with Gasteiger partial charge in [0.2, 0.25) is 0 Å². The Hall–Kier alpha value is -1.09. The summed E-state index contributed by atoms with van der Waals surface area (Å²) in [5.41, 5.74) is 3.12. The van der Waals surface area contributed by atoms with E-state index in [1.165, 1.54) is 50.0 Å². The van der Waals surface area contributed by atoms with Crippen LogP contribution in [0.15, 0.2) is 23.4 Å². The largest absolute Gasteiger partial charge is 0.393 e. The molecule has 0 radical (unpaired) electrons. The molecule has 3 fully saturated rings. The van der Waals surface area contributed by atoms with Gasteiger partial charge >= 0.3 is 0 Å². The summed E-state index contributed by atoms with van der Waals surface area (Å²) in [4.78, 5) is 14.9. The monoisotopic (exact) mass is 383 g/mol. The second kappa shape index (κ2) is 6.45. The Kier molecular flexibility index (Phi) is 4.36. The van der Waals surface area contributed by atoms with Crippen LogP contribution in [0.4, 0.5) is 0 Å². The number of rotatable bonds is 2. The lowest BCUT2D eigenvalue weighted by molar-refractivity contribution is -0.137. The standard InChI is InChI=1S/C25H37NO2/c1-16(27)20-8-9-21-19-7-6-17-14-18(26-12-4-5-13-26)10-11-24(17,2)23(19)22(28)15-25(20,21)3/h6,14,19-23,28H,4-5,7-13,15H2,1-3H3/t19-,20-,21+,22+,23-,24-,25+/m0/s1. The fourth-order valence-corrected chi connectivity index (χ4v) is 8.37. The molecule has 3 nitrogen and oxygen atoms in total. The number of nitrogens with zero attached hydrogens (tertiary/aromatic N) is 1. The summed E-state index contributed by atoms with van der Waals surface area (Å²) in [6, 6.07) is 0. The van der Waals surface area contributed by atoms with Crippen LogP contribution in [-0.4, -0.2) is 35.0 Å². The molecule has 154 valence electrons. The molecule has 0 spiro atoms. The average Bonchev–Trinajstić information content (AvgIpc) is 3.27. The third-order valence-electron chi connectivity index (χ3n) is 9.68. The van der Waals surface area contributed by atoms with Crippen LogP contribution in [0.25, 0.3) is 0 Å². The molecule has 7 atom stereocenters. The zero-order valence-corrected chi connectivity index (χ0v) is 17.9. The number of likely N-dealkylation sites (tertiary alicyclic amines) is 1. The van der Waals surface area contributed by atoms with E-state index in [4.69, 9.17) is 0 Å². The maximum Gasteiger partial charge on any atom is 0.133 e. The summed E-state index contributed by atoms with van der Waals surface area (Å²) in [5, 5.41) is 11.4. The number of carbonyl (C=O) groups excluding carboxylic acids is 1. The van der Waals surface area contributed by atoms with Crippen LogP contribution in [0.5, 0.6) is 0 Å². The zero-order valence-electron chi connectivity index (χ0n) is 17.9. The molecule has 5 aliphatic rings. The minimum absolute atomic E-state index is 0.000657. The highest BCUT2D eigenvalue weighted by atomic mass is 16.3. The van der Waals surface area contributed by atoms with E-state index in [1.807, 2.05) is 0 Å². The van der Waals surface area contributed by atoms with Crippen molar-refractivity contribution in [2.75, 3.05) is 13.1 Å². The second-order valence-corrected chi connectivity index (χ2v) is 11.0. The highest BCUT2D eigenvalue weighted by molar-refractivity contribution is 5.79. The second-order valence-electron chi connectivity index (χ2n) is 11.0. The maximum atomic E-state index is 12.3. The number of fused-ring (bicyclic) bond motifs is 5. The molecule has 0 aromatic rings. The highest BCUT2D eigenvalue weighted by Crippen LogP contribution is 2.66. The highest BCUT2D eigenvalue weighted by Gasteiger charge is 2.61. The number of Topliss-reactive ketones (excluding diaryl/α,β-unsaturated/α-hetero) is 1. The zero-order chi connectivity index (χ0) is 19.7. The number of hydrogen-bond donors (Lipinski definition) is 1. The smallest absolute Gasteiger partial charge is 0.133 e. The van der Waals surface area contributed by atoms with E-state index in [-0.39, 0.29) is 22.9 Å². The van der Waals surface area contributed by atoms with Crippen molar-refractivity contribution < 1.29 is 9.90 Å². The lowest BCUT2D eigenvalue weighted by atomic mass is 9.47. The van der Waals surface area contributed by atoms with Gasteiger partial charge in [-0.15, -0.1) is 0 Å². The van der Waals surface area contributed by atoms with E-state index in [9.17, 15) is 9.90 Å². The molecule has 0 unspecified atom stereocenters. The van der Waals surface area contributed by atoms with E-state index < -0.39 is 0 Å². The van der Waals surface area contributed by atoms with Crippen molar-refractivity contribution in [3.05, 3.63) is 23.4 Å². The Balaban J connectivity index is 1.48. The summed E-state index contributed by atoms with van der Waals surface area (Å²) in [7, 11) is 0. The van der Waals surface area contributed by atoms with Crippen molar-refractivity contribution in [1.29, 1.82) is 0 Å². The minimum atomic E-state index is -0.276. The van der Waals surface area contributed by atoms with Gasteiger partial charge in [-0.25, -0.2) is 0 Å². The number of carbonyl (C=O) groups is 1. The summed E-state index contributed by atoms with van der Waals surface area (Å²) >= 11 is 0. The predicted octanol–water partition coefficient (Wildman–Crippen LogP) is 4.71. The fourth-order valence-electron chi connectivity index (χ4n) is 8.37. The molecule has 1 saturated heterocycles. The molecule has 0 aromatic heterocycles. The van der Waals surface area contributed by atoms with Gasteiger partial charge in [0.1, 0.15) is 5.78 Å². The van der Waals surface area contributed by atoms with Gasteiger partial charge in [0.05, 0.1) is 6.10 Å². The maximum absolute atomic E-state index is 12.3. The molecule has 4 aliphatic carbocycles. The predicted molar refractivity (Wildman–Crippen MR) is 112 cm³/mol. The first-order valence-corrected chi connectivity index (χ1v) is 11.7. The number of ketones is 1. The molecule has 2 saturated carbocycles. The van der Waals surface area contributed by atoms with Gasteiger partial charge in [0.15, 0.2) is 0 Å². The van der Waals surface area contributed by atoms with Crippen molar-refractivity contribution in [3.63, 3.8) is 0 Å². The van der Waals surface area contributed by atoms with Gasteiger partial charge in [-0.3, -0.25) is 4.79 Å². The summed E-state index contributed by atoms with van der Waals surface area (Å²) in [6.45, 7) is 8.94. The molecule has 1 aliphatic heterocycles. The van der Waals surface area contributed by atoms with Gasteiger partial charge in [-0.1, -0.05) is 19.9 Å². The molecule has 1 N–H and O–H groups in total. The van der Waals surface area contributed by atoms with Crippen LogP contribution >= 0.6 is 0 Å². The first-order chi connectivity index (χ1) is 13.3. The third kappa shape index (κ3) is 2.54. The van der Waals surface area contributed by atoms with Crippen LogP contribution in [0.1, 0.15) is 72.1 Å². The van der Waals surface area contributed by atoms with Crippen LogP contribution in [0, 0.1) is 34.5 Å². The summed E-state index contributed by atoms with van der Waals surface area (Å²) in [6.07, 6.45) is 13.8. The Labute approximate surface area is 170 Å². The first kappa shape index (κ1) is 18.9. The lowest BCUT2D eigenvalue weighted by Crippen LogP contribution is -2.56. The molecule has 0 aromatic carbocycles. The fraction of sp³-hybridized carbons (Fsp3) is 0.800. The van der Waals surface area contributed by atoms with Gasteiger partial charge < -0.3 is 10.0 Å². The lowest BCUT2D eigenvalue weighted by Gasteiger charge is -2.59. The van der Waals surface area contributed by atoms with Crippen molar-refractivity contribution in [1.82, 2.24) is 4.90 Å². The van der Waals surface area contributed by atoms with Crippen molar-refractivity contribution in [3.8, 4) is 0 Å². The topological polar surface area (TPSA) is 40.5 Å². The quantitative estimate of drug-likeness (QED) is 0.750. The van der Waals surface area contributed by atoms with Gasteiger partial charge in [0, 0.05) is 24.7 Å². The summed E-state index contributed by atoms with van der Waals surface area (Å²) in [5.74, 6) is 1.97. The van der Waals surface area contributed by atoms with Crippen molar-refractivity contribution >= 4 is 5.78 Å². The Morgan fingerprint density at radius 2 is 1.96 bits per heavy atom. The van der Waals surface area contributed by atoms with Gasteiger partial charge in [0.25, 0.3) is 0 Å². The van der Waals surface area contributed by atoms with E-state index >= 15 is 0 Å². The molecular weight excluding hydrogens is 346 g/mol. The van der Waals surface area contributed by atoms with Crippen LogP contribution < -0.4 is 0 Å². The molecule has 28 heavy (non-hydrogen) atoms. The number of aliphatic hydroxyl groups excluding tert-OH is 1. The van der Waals surface area contributed by atoms with Crippen LogP contribution in [-0.2, 0) is 4.79 Å². The van der Waals surface area contributed by atoms with Crippen LogP contribution in [0.2, 0.25) is 0 Å². The van der Waals surface area contributed by atoms with Gasteiger partial charge in [-0.2, -0.15) is 0 Å². The average molecular weight is 384 g/mol. The van der Waals surface area contributed by atoms with E-state index in [2.05, 4.69) is 30.9 Å². The Morgan fingerprint density at radius 3 is 2.68 bits per heavy atom. The Bertz CT molecular complexity index is 733. The van der Waals surface area contributed by atoms with Crippen molar-refractivity contribution in [2.24, 2.45) is 34.5 Å². The number of aliphatic hydroxyl groups is 1. The van der Waals surface area contributed by atoms with E-state index in [0.29, 0.717) is 23.5 Å². The van der Waals surface area contributed by atoms with Crippen molar-refractivity contribution in [2.45, 2.75) is 78.2 Å². The number of allylic oxidation sites excluding steroid dienone is 4. The van der Waals surface area contributed by atoms with E-state index in [1.54, 1.807) is 6.92 Å². The molecular formula is C25H37NO2. The molecule has 3 heteroatoms. The summed E-state index contributed by atoms with van der Waals surface area (Å²) < 4.78 is 0.